The molecule has 1 aliphatic rings. The summed E-state index contributed by atoms with van der Waals surface area (Å²) in [6.07, 6.45) is 0.861. The molecule has 0 aliphatic heterocycles. The number of benzene rings is 1. The lowest BCUT2D eigenvalue weighted by Crippen LogP contribution is -2.60. The van der Waals surface area contributed by atoms with Crippen molar-refractivity contribution in [2.75, 3.05) is 13.7 Å². The Hall–Kier alpha value is -0.650. The van der Waals surface area contributed by atoms with E-state index in [9.17, 15) is 4.39 Å². The number of likely N-dealkylation sites (N-methyl/N-ethyl adjacent to an activating group) is 1. The second-order valence-electron chi connectivity index (χ2n) is 4.28. The maximum Gasteiger partial charge on any atom is 0.136 e. The molecular weight excluding hydrogens is 301 g/mol. The molecule has 0 saturated heterocycles. The average Bonchev–Trinajstić information content (AvgIpc) is 2.35. The highest BCUT2D eigenvalue weighted by Gasteiger charge is 2.43. The molecule has 3 nitrogen and oxygen atoms in total. The lowest BCUT2D eigenvalue weighted by atomic mass is 9.85. The zero-order valence-corrected chi connectivity index (χ0v) is 12.0. The van der Waals surface area contributed by atoms with Crippen LogP contribution < -0.4 is 10.1 Å². The third-order valence-corrected chi connectivity index (χ3v) is 3.81. The highest BCUT2D eigenvalue weighted by atomic mass is 79.9. The van der Waals surface area contributed by atoms with E-state index in [2.05, 4.69) is 21.2 Å². The van der Waals surface area contributed by atoms with Crippen LogP contribution in [-0.2, 0) is 4.74 Å². The van der Waals surface area contributed by atoms with Gasteiger partial charge in [-0.25, -0.2) is 4.39 Å². The van der Waals surface area contributed by atoms with E-state index in [1.165, 1.54) is 12.1 Å². The Kier molecular flexibility index (Phi) is 4.59. The second-order valence-corrected chi connectivity index (χ2v) is 5.14. The van der Waals surface area contributed by atoms with Gasteiger partial charge < -0.3 is 14.8 Å². The summed E-state index contributed by atoms with van der Waals surface area (Å²) in [4.78, 5) is 0. The fraction of sp³-hybridized carbons (Fsp3) is 0.538. The molecule has 3 atom stereocenters. The topological polar surface area (TPSA) is 30.5 Å². The molecule has 1 fully saturated rings. The van der Waals surface area contributed by atoms with Gasteiger partial charge in [-0.15, -0.1) is 0 Å². The van der Waals surface area contributed by atoms with E-state index in [4.69, 9.17) is 9.47 Å². The van der Waals surface area contributed by atoms with E-state index in [-0.39, 0.29) is 18.0 Å². The summed E-state index contributed by atoms with van der Waals surface area (Å²) in [5, 5.41) is 3.19. The minimum Gasteiger partial charge on any atom is -0.486 e. The van der Waals surface area contributed by atoms with Crippen LogP contribution in [0.4, 0.5) is 4.39 Å². The summed E-state index contributed by atoms with van der Waals surface area (Å²) < 4.78 is 25.4. The molecule has 1 aliphatic carbocycles. The van der Waals surface area contributed by atoms with E-state index in [1.807, 2.05) is 14.0 Å². The van der Waals surface area contributed by atoms with Crippen molar-refractivity contribution < 1.29 is 13.9 Å². The largest absolute Gasteiger partial charge is 0.486 e. The van der Waals surface area contributed by atoms with Crippen molar-refractivity contribution >= 4 is 15.9 Å². The van der Waals surface area contributed by atoms with E-state index in [1.54, 1.807) is 6.07 Å². The Morgan fingerprint density at radius 1 is 1.50 bits per heavy atom. The molecule has 1 saturated carbocycles. The number of nitrogens with one attached hydrogen (secondary N) is 1. The fourth-order valence-electron chi connectivity index (χ4n) is 2.13. The molecule has 1 aromatic rings. The van der Waals surface area contributed by atoms with Gasteiger partial charge in [0.1, 0.15) is 23.8 Å². The average molecular weight is 318 g/mol. The minimum atomic E-state index is -0.300. The lowest BCUT2D eigenvalue weighted by Gasteiger charge is -2.43. The van der Waals surface area contributed by atoms with Crippen LogP contribution in [0.1, 0.15) is 13.3 Å². The summed E-state index contributed by atoms with van der Waals surface area (Å²) in [5.74, 6) is 0.227. The van der Waals surface area contributed by atoms with Gasteiger partial charge in [-0.05, 0) is 42.0 Å². The molecule has 100 valence electrons. The van der Waals surface area contributed by atoms with Crippen LogP contribution in [0.3, 0.4) is 0 Å². The van der Waals surface area contributed by atoms with E-state index >= 15 is 0 Å². The molecule has 2 rings (SSSR count). The molecule has 5 heteroatoms. The Morgan fingerprint density at radius 3 is 2.94 bits per heavy atom. The number of ether oxygens (including phenoxy) is 2. The Morgan fingerprint density at radius 2 is 2.28 bits per heavy atom. The minimum absolute atomic E-state index is 0.0233. The van der Waals surface area contributed by atoms with Gasteiger partial charge in [0.15, 0.2) is 0 Å². The van der Waals surface area contributed by atoms with Gasteiger partial charge >= 0.3 is 0 Å². The van der Waals surface area contributed by atoms with Gasteiger partial charge in [-0.1, -0.05) is 0 Å². The van der Waals surface area contributed by atoms with Crippen LogP contribution >= 0.6 is 15.9 Å². The van der Waals surface area contributed by atoms with Crippen molar-refractivity contribution in [2.45, 2.75) is 31.6 Å². The van der Waals surface area contributed by atoms with Crippen LogP contribution in [0, 0.1) is 5.82 Å². The highest BCUT2D eigenvalue weighted by molar-refractivity contribution is 9.10. The number of halogens is 2. The van der Waals surface area contributed by atoms with Gasteiger partial charge in [-0.3, -0.25) is 0 Å². The van der Waals surface area contributed by atoms with Crippen LogP contribution in [0.5, 0.6) is 5.75 Å². The normalized spacial score (nSPS) is 26.8. The quantitative estimate of drug-likeness (QED) is 0.905. The number of hydrogen-bond donors (Lipinski definition) is 1. The van der Waals surface area contributed by atoms with Crippen molar-refractivity contribution in [3.05, 3.63) is 28.5 Å². The number of hydrogen-bond acceptors (Lipinski definition) is 3. The van der Waals surface area contributed by atoms with E-state index < -0.39 is 0 Å². The van der Waals surface area contributed by atoms with Crippen molar-refractivity contribution in [1.82, 2.24) is 5.32 Å². The monoisotopic (exact) mass is 317 g/mol. The molecule has 0 radical (unpaired) electrons. The van der Waals surface area contributed by atoms with Gasteiger partial charge in [0, 0.05) is 25.1 Å². The van der Waals surface area contributed by atoms with Crippen molar-refractivity contribution in [3.63, 3.8) is 0 Å². The second kappa shape index (κ2) is 5.99. The summed E-state index contributed by atoms with van der Waals surface area (Å²) >= 11 is 3.36. The smallest absolute Gasteiger partial charge is 0.136 e. The third-order valence-electron chi connectivity index (χ3n) is 3.15. The SMILES string of the molecule is CCOC1C(NC)CC1Oc1cc(F)ccc1Br. The standard InChI is InChI=1S/C13H17BrFNO2/c1-3-17-13-10(16-2)7-12(13)18-11-6-8(15)4-5-9(11)14/h4-6,10,12-13,16H,3,7H2,1-2H3. The fourth-order valence-corrected chi connectivity index (χ4v) is 2.47. The van der Waals surface area contributed by atoms with Crippen LogP contribution in [0.15, 0.2) is 22.7 Å². The molecule has 1 N–H and O–H groups in total. The summed E-state index contributed by atoms with van der Waals surface area (Å²) in [6, 6.07) is 4.74. The first-order valence-electron chi connectivity index (χ1n) is 6.06. The molecule has 0 heterocycles. The lowest BCUT2D eigenvalue weighted by molar-refractivity contribution is -0.103. The van der Waals surface area contributed by atoms with Crippen molar-refractivity contribution in [3.8, 4) is 5.75 Å². The first-order chi connectivity index (χ1) is 8.65. The predicted octanol–water partition coefficient (Wildman–Crippen LogP) is 2.73. The molecule has 3 unspecified atom stereocenters. The first kappa shape index (κ1) is 13.8. The van der Waals surface area contributed by atoms with Gasteiger partial charge in [0.25, 0.3) is 0 Å². The van der Waals surface area contributed by atoms with Crippen molar-refractivity contribution in [1.29, 1.82) is 0 Å². The molecule has 0 amide bonds. The van der Waals surface area contributed by atoms with Crippen LogP contribution in [-0.4, -0.2) is 31.9 Å². The molecular formula is C13H17BrFNO2. The molecule has 0 aromatic heterocycles. The molecule has 0 spiro atoms. The van der Waals surface area contributed by atoms with E-state index in [0.717, 1.165) is 10.9 Å². The van der Waals surface area contributed by atoms with E-state index in [0.29, 0.717) is 18.4 Å². The summed E-state index contributed by atoms with van der Waals surface area (Å²) in [5.41, 5.74) is 0. The van der Waals surface area contributed by atoms with Crippen LogP contribution in [0.2, 0.25) is 0 Å². The van der Waals surface area contributed by atoms with Crippen LogP contribution in [0.25, 0.3) is 0 Å². The van der Waals surface area contributed by atoms with Gasteiger partial charge in [0.2, 0.25) is 0 Å². The first-order valence-corrected chi connectivity index (χ1v) is 6.85. The molecule has 0 bridgehead atoms. The Labute approximate surface area is 115 Å². The zero-order chi connectivity index (χ0) is 13.1. The number of rotatable bonds is 5. The summed E-state index contributed by atoms with van der Waals surface area (Å²) in [7, 11) is 1.91. The Bertz CT molecular complexity index is 416. The zero-order valence-electron chi connectivity index (χ0n) is 10.5. The Balaban J connectivity index is 2.03. The summed E-state index contributed by atoms with van der Waals surface area (Å²) in [6.45, 7) is 2.60. The third kappa shape index (κ3) is 2.84. The van der Waals surface area contributed by atoms with Gasteiger partial charge in [-0.2, -0.15) is 0 Å². The maximum absolute atomic E-state index is 13.2. The molecule has 18 heavy (non-hydrogen) atoms. The van der Waals surface area contributed by atoms with Crippen molar-refractivity contribution in [2.24, 2.45) is 0 Å². The maximum atomic E-state index is 13.2. The van der Waals surface area contributed by atoms with Gasteiger partial charge in [0.05, 0.1) is 4.47 Å². The molecule has 1 aromatic carbocycles. The highest BCUT2D eigenvalue weighted by Crippen LogP contribution is 2.33. The predicted molar refractivity (Wildman–Crippen MR) is 71.4 cm³/mol.